The van der Waals surface area contributed by atoms with E-state index < -0.39 is 6.10 Å². The lowest BCUT2D eigenvalue weighted by Gasteiger charge is -1.97. The number of rotatable bonds is 2. The normalized spacial score (nSPS) is 12.8. The number of aliphatic hydroxyl groups excluding tert-OH is 1. The quantitative estimate of drug-likeness (QED) is 0.922. The van der Waals surface area contributed by atoms with Gasteiger partial charge >= 0.3 is 0 Å². The van der Waals surface area contributed by atoms with Gasteiger partial charge in [-0.1, -0.05) is 5.16 Å². The lowest BCUT2D eigenvalue weighted by atomic mass is 10.2. The Kier molecular flexibility index (Phi) is 3.02. The molecule has 1 aromatic heterocycles. The Balaban J connectivity index is 2.39. The van der Waals surface area contributed by atoms with Gasteiger partial charge in [0.25, 0.3) is 5.89 Å². The van der Waals surface area contributed by atoms with E-state index in [1.165, 1.54) is 19.1 Å². The zero-order valence-corrected chi connectivity index (χ0v) is 9.90. The molecule has 0 aliphatic carbocycles. The summed E-state index contributed by atoms with van der Waals surface area (Å²) in [5, 5.41) is 12.9. The molecule has 1 unspecified atom stereocenters. The first-order valence-corrected chi connectivity index (χ1v) is 5.34. The van der Waals surface area contributed by atoms with Gasteiger partial charge in [0.2, 0.25) is 5.82 Å². The minimum absolute atomic E-state index is 0.135. The van der Waals surface area contributed by atoms with Gasteiger partial charge in [-0.15, -0.1) is 0 Å². The third-order valence-corrected chi connectivity index (χ3v) is 2.58. The summed E-state index contributed by atoms with van der Waals surface area (Å²) in [4.78, 5) is 3.98. The van der Waals surface area contributed by atoms with Crippen molar-refractivity contribution in [2.24, 2.45) is 0 Å². The van der Waals surface area contributed by atoms with Gasteiger partial charge in [-0.2, -0.15) is 4.98 Å². The molecule has 2 rings (SSSR count). The average Bonchev–Trinajstić information content (AvgIpc) is 2.71. The Morgan fingerprint density at radius 2 is 2.25 bits per heavy atom. The monoisotopic (exact) mass is 286 g/mol. The van der Waals surface area contributed by atoms with Crippen LogP contribution in [0.4, 0.5) is 4.39 Å². The molecule has 0 saturated heterocycles. The first-order valence-electron chi connectivity index (χ1n) is 4.55. The third-order valence-electron chi connectivity index (χ3n) is 1.98. The third kappa shape index (κ3) is 2.12. The van der Waals surface area contributed by atoms with Gasteiger partial charge in [-0.05, 0) is 41.1 Å². The van der Waals surface area contributed by atoms with Crippen LogP contribution in [0.1, 0.15) is 18.9 Å². The summed E-state index contributed by atoms with van der Waals surface area (Å²) in [6, 6.07) is 4.39. The number of hydrogen-bond donors (Lipinski definition) is 1. The Labute approximate surface area is 99.2 Å². The molecule has 0 aliphatic rings. The summed E-state index contributed by atoms with van der Waals surface area (Å²) in [5.74, 6) is 0.0926. The van der Waals surface area contributed by atoms with Gasteiger partial charge in [-0.3, -0.25) is 0 Å². The molecule has 0 bridgehead atoms. The highest BCUT2D eigenvalue weighted by atomic mass is 79.9. The molecule has 6 heteroatoms. The van der Waals surface area contributed by atoms with Crippen LogP contribution in [0.5, 0.6) is 0 Å². The summed E-state index contributed by atoms with van der Waals surface area (Å²) >= 11 is 3.07. The molecule has 16 heavy (non-hydrogen) atoms. The predicted octanol–water partition coefficient (Wildman–Crippen LogP) is 2.69. The van der Waals surface area contributed by atoms with Crippen LogP contribution in [0, 0.1) is 5.82 Å². The maximum Gasteiger partial charge on any atom is 0.255 e. The van der Waals surface area contributed by atoms with Crippen LogP contribution in [0.15, 0.2) is 27.2 Å². The van der Waals surface area contributed by atoms with Crippen LogP contribution in [0.2, 0.25) is 0 Å². The molecule has 1 aromatic carbocycles. The Morgan fingerprint density at radius 1 is 1.50 bits per heavy atom. The van der Waals surface area contributed by atoms with Crippen molar-refractivity contribution in [3.05, 3.63) is 34.4 Å². The molecule has 0 radical (unpaired) electrons. The molecule has 0 saturated carbocycles. The Hall–Kier alpha value is -1.27. The average molecular weight is 287 g/mol. The van der Waals surface area contributed by atoms with E-state index in [1.807, 2.05) is 0 Å². The Bertz CT molecular complexity index is 513. The van der Waals surface area contributed by atoms with Gasteiger partial charge in [0.05, 0.1) is 4.47 Å². The second-order valence-electron chi connectivity index (χ2n) is 3.26. The van der Waals surface area contributed by atoms with Crippen LogP contribution in [0.3, 0.4) is 0 Å². The fourth-order valence-electron chi connectivity index (χ4n) is 1.16. The second-order valence-corrected chi connectivity index (χ2v) is 4.12. The van der Waals surface area contributed by atoms with Crippen molar-refractivity contribution >= 4 is 15.9 Å². The fraction of sp³-hybridized carbons (Fsp3) is 0.200. The van der Waals surface area contributed by atoms with Crippen molar-refractivity contribution in [1.29, 1.82) is 0 Å². The Morgan fingerprint density at radius 3 is 2.81 bits per heavy atom. The van der Waals surface area contributed by atoms with Crippen molar-refractivity contribution in [3.63, 3.8) is 0 Å². The highest BCUT2D eigenvalue weighted by molar-refractivity contribution is 9.10. The minimum Gasteiger partial charge on any atom is -0.384 e. The topological polar surface area (TPSA) is 59.2 Å². The van der Waals surface area contributed by atoms with Crippen molar-refractivity contribution in [2.75, 3.05) is 0 Å². The van der Waals surface area contributed by atoms with Gasteiger partial charge in [0.1, 0.15) is 11.9 Å². The highest BCUT2D eigenvalue weighted by Gasteiger charge is 2.13. The molecule has 1 N–H and O–H groups in total. The molecule has 4 nitrogen and oxygen atoms in total. The van der Waals surface area contributed by atoms with E-state index in [9.17, 15) is 9.50 Å². The van der Waals surface area contributed by atoms with E-state index >= 15 is 0 Å². The van der Waals surface area contributed by atoms with Gasteiger partial charge in [-0.25, -0.2) is 4.39 Å². The van der Waals surface area contributed by atoms with Crippen LogP contribution in [-0.2, 0) is 0 Å². The number of halogens is 2. The predicted molar refractivity (Wildman–Crippen MR) is 58.0 cm³/mol. The van der Waals surface area contributed by atoms with E-state index in [0.717, 1.165) is 0 Å². The lowest BCUT2D eigenvalue weighted by molar-refractivity contribution is 0.152. The fourth-order valence-corrected chi connectivity index (χ4v) is 1.54. The van der Waals surface area contributed by atoms with E-state index in [0.29, 0.717) is 15.9 Å². The van der Waals surface area contributed by atoms with Crippen LogP contribution in [0.25, 0.3) is 11.4 Å². The smallest absolute Gasteiger partial charge is 0.255 e. The summed E-state index contributed by atoms with van der Waals surface area (Å²) in [6.07, 6.45) is -0.815. The zero-order chi connectivity index (χ0) is 11.7. The van der Waals surface area contributed by atoms with E-state index in [-0.39, 0.29) is 11.7 Å². The largest absolute Gasteiger partial charge is 0.384 e. The number of nitrogens with zero attached hydrogens (tertiary/aromatic N) is 2. The number of aliphatic hydroxyl groups is 1. The number of aromatic nitrogens is 2. The first kappa shape index (κ1) is 11.2. The van der Waals surface area contributed by atoms with Crippen LogP contribution >= 0.6 is 15.9 Å². The van der Waals surface area contributed by atoms with E-state index in [4.69, 9.17) is 4.52 Å². The zero-order valence-electron chi connectivity index (χ0n) is 8.32. The standard InChI is InChI=1S/C10H8BrFN2O2/c1-5(15)10-13-9(14-16-10)6-2-3-8(12)7(11)4-6/h2-5,15H,1H3. The molecular weight excluding hydrogens is 279 g/mol. The van der Waals surface area contributed by atoms with E-state index in [1.54, 1.807) is 6.07 Å². The minimum atomic E-state index is -0.815. The molecule has 0 aliphatic heterocycles. The van der Waals surface area contributed by atoms with Crippen molar-refractivity contribution in [3.8, 4) is 11.4 Å². The van der Waals surface area contributed by atoms with Crippen LogP contribution in [-0.4, -0.2) is 15.2 Å². The van der Waals surface area contributed by atoms with E-state index in [2.05, 4.69) is 26.1 Å². The first-order chi connectivity index (χ1) is 7.58. The van der Waals surface area contributed by atoms with Gasteiger partial charge in [0, 0.05) is 5.56 Å². The second kappa shape index (κ2) is 4.31. The molecule has 84 valence electrons. The summed E-state index contributed by atoms with van der Waals surface area (Å²) in [6.45, 7) is 1.53. The van der Waals surface area contributed by atoms with Gasteiger partial charge < -0.3 is 9.63 Å². The molecule has 0 spiro atoms. The summed E-state index contributed by atoms with van der Waals surface area (Å²) in [7, 11) is 0. The van der Waals surface area contributed by atoms with Crippen LogP contribution < -0.4 is 0 Å². The van der Waals surface area contributed by atoms with Crippen molar-refractivity contribution in [2.45, 2.75) is 13.0 Å². The maximum atomic E-state index is 13.0. The highest BCUT2D eigenvalue weighted by Crippen LogP contribution is 2.24. The molecule has 0 amide bonds. The molecule has 1 heterocycles. The van der Waals surface area contributed by atoms with Crippen molar-refractivity contribution in [1.82, 2.24) is 10.1 Å². The van der Waals surface area contributed by atoms with Crippen molar-refractivity contribution < 1.29 is 14.0 Å². The SMILES string of the molecule is CC(O)c1nc(-c2ccc(F)c(Br)c2)no1. The number of hydrogen-bond acceptors (Lipinski definition) is 4. The summed E-state index contributed by atoms with van der Waals surface area (Å²) < 4.78 is 18.2. The lowest BCUT2D eigenvalue weighted by Crippen LogP contribution is -1.90. The molecule has 2 aromatic rings. The molecule has 1 atom stereocenters. The molecular formula is C10H8BrFN2O2. The summed E-state index contributed by atoms with van der Waals surface area (Å²) in [5.41, 5.74) is 0.615. The number of benzene rings is 1. The molecule has 0 fully saturated rings. The van der Waals surface area contributed by atoms with Gasteiger partial charge in [0.15, 0.2) is 0 Å². The maximum absolute atomic E-state index is 13.0.